The van der Waals surface area contributed by atoms with E-state index in [0.717, 1.165) is 6.04 Å². The summed E-state index contributed by atoms with van der Waals surface area (Å²) in [5, 5.41) is 9.46. The highest BCUT2D eigenvalue weighted by Gasteiger charge is 2.37. The van der Waals surface area contributed by atoms with Gasteiger partial charge in [-0.2, -0.15) is 0 Å². The number of nitrogens with zero attached hydrogens (tertiary/aromatic N) is 2. The first-order valence-corrected chi connectivity index (χ1v) is 18.7. The Bertz CT molecular complexity index is 2270. The van der Waals surface area contributed by atoms with Crippen molar-refractivity contribution in [1.82, 2.24) is 9.13 Å². The van der Waals surface area contributed by atoms with Crippen LogP contribution < -0.4 is 15.6 Å². The molecule has 9 aromatic rings. The Labute approximate surface area is 275 Å². The van der Waals surface area contributed by atoms with Crippen LogP contribution >= 0.6 is 0 Å². The van der Waals surface area contributed by atoms with Gasteiger partial charge in [-0.3, -0.25) is 0 Å². The summed E-state index contributed by atoms with van der Waals surface area (Å²) in [6, 6.07) is 66.2. The number of para-hydroxylation sites is 4. The molecule has 0 spiro atoms. The van der Waals surface area contributed by atoms with Gasteiger partial charge in [0.2, 0.25) is 0 Å². The Morgan fingerprint density at radius 3 is 0.979 bits per heavy atom. The maximum Gasteiger partial charge on any atom is 0.148 e. The average Bonchev–Trinajstić information content (AvgIpc) is 3.67. The predicted molar refractivity (Wildman–Crippen MR) is 203 cm³/mol. The van der Waals surface area contributed by atoms with Gasteiger partial charge in [0.1, 0.15) is 8.07 Å². The third kappa shape index (κ3) is 4.17. The van der Waals surface area contributed by atoms with Crippen molar-refractivity contribution in [2.45, 2.75) is 13.0 Å². The molecule has 0 radical (unpaired) electrons. The zero-order valence-electron chi connectivity index (χ0n) is 26.3. The second-order valence-corrected chi connectivity index (χ2v) is 16.7. The fourth-order valence-electron chi connectivity index (χ4n) is 8.03. The predicted octanol–water partition coefficient (Wildman–Crippen LogP) is 9.37. The van der Waals surface area contributed by atoms with Crippen molar-refractivity contribution in [2.75, 3.05) is 0 Å². The van der Waals surface area contributed by atoms with Gasteiger partial charge in [0.25, 0.3) is 0 Å². The van der Waals surface area contributed by atoms with Crippen molar-refractivity contribution >= 4 is 67.2 Å². The molecule has 0 N–H and O–H groups in total. The molecule has 0 aliphatic carbocycles. The van der Waals surface area contributed by atoms with Crippen LogP contribution in [0.3, 0.4) is 0 Å². The number of aromatic nitrogens is 2. The summed E-state index contributed by atoms with van der Waals surface area (Å²) in [5.74, 6) is 0. The minimum atomic E-state index is -2.35. The van der Waals surface area contributed by atoms with Crippen LogP contribution in [0.1, 0.15) is 6.92 Å². The number of hydrogen-bond donors (Lipinski definition) is 0. The second kappa shape index (κ2) is 11.0. The van der Waals surface area contributed by atoms with E-state index in [1.165, 1.54) is 70.5 Å². The van der Waals surface area contributed by atoms with Gasteiger partial charge in [-0.05, 0) is 70.1 Å². The number of hydrogen-bond acceptors (Lipinski definition) is 0. The van der Waals surface area contributed by atoms with E-state index in [0.29, 0.717) is 0 Å². The summed E-state index contributed by atoms with van der Waals surface area (Å²) in [6.07, 6.45) is 0. The van der Waals surface area contributed by atoms with Crippen molar-refractivity contribution in [1.29, 1.82) is 0 Å². The molecule has 0 aliphatic heterocycles. The Hall–Kier alpha value is -5.64. The number of rotatable bonds is 6. The van der Waals surface area contributed by atoms with Gasteiger partial charge >= 0.3 is 0 Å². The second-order valence-electron chi connectivity index (χ2n) is 12.5. The standard InChI is InChI=1S/C44H34N2Si/c1-2-47(34-14-4-3-5-15-34,35-28-24-32(25-29-35)45-41-20-10-6-16-37(41)38-17-7-11-21-42(38)45)36-30-26-33(27-31-36)46-43-22-12-8-18-39(43)40-19-9-13-23-44(40)46/h3-31H,2H2,1H3. The van der Waals surface area contributed by atoms with Gasteiger partial charge in [0.05, 0.1) is 22.1 Å². The number of benzene rings is 7. The van der Waals surface area contributed by atoms with Crippen molar-refractivity contribution in [3.8, 4) is 11.4 Å². The van der Waals surface area contributed by atoms with Crippen LogP contribution in [0.2, 0.25) is 6.04 Å². The third-order valence-corrected chi connectivity index (χ3v) is 15.2. The molecule has 224 valence electrons. The first-order chi connectivity index (χ1) is 23.3. The molecule has 2 aromatic heterocycles. The molecule has 0 atom stereocenters. The van der Waals surface area contributed by atoms with E-state index < -0.39 is 8.07 Å². The van der Waals surface area contributed by atoms with Crippen molar-refractivity contribution in [3.63, 3.8) is 0 Å². The highest BCUT2D eigenvalue weighted by atomic mass is 28.3. The summed E-state index contributed by atoms with van der Waals surface area (Å²) < 4.78 is 4.82. The Morgan fingerprint density at radius 1 is 0.340 bits per heavy atom. The lowest BCUT2D eigenvalue weighted by Gasteiger charge is -2.33. The van der Waals surface area contributed by atoms with E-state index in [9.17, 15) is 0 Å². The van der Waals surface area contributed by atoms with Crippen LogP contribution in [0, 0.1) is 0 Å². The van der Waals surface area contributed by atoms with Crippen LogP contribution in [-0.2, 0) is 0 Å². The maximum atomic E-state index is 2.41. The van der Waals surface area contributed by atoms with Gasteiger partial charge in [0.15, 0.2) is 0 Å². The van der Waals surface area contributed by atoms with Crippen molar-refractivity contribution in [2.24, 2.45) is 0 Å². The van der Waals surface area contributed by atoms with E-state index in [2.05, 4.69) is 192 Å². The molecule has 0 amide bonds. The molecule has 7 aromatic carbocycles. The molecule has 47 heavy (non-hydrogen) atoms. The Balaban J connectivity index is 1.20. The molecule has 2 heterocycles. The topological polar surface area (TPSA) is 9.86 Å². The lowest BCUT2D eigenvalue weighted by atomic mass is 10.2. The van der Waals surface area contributed by atoms with Crippen molar-refractivity contribution < 1.29 is 0 Å². The Morgan fingerprint density at radius 2 is 0.638 bits per heavy atom. The third-order valence-electron chi connectivity index (χ3n) is 10.2. The van der Waals surface area contributed by atoms with Gasteiger partial charge in [-0.15, -0.1) is 0 Å². The fraction of sp³-hybridized carbons (Fsp3) is 0.0455. The summed E-state index contributed by atoms with van der Waals surface area (Å²) >= 11 is 0. The molecule has 9 rings (SSSR count). The molecule has 0 aliphatic rings. The van der Waals surface area contributed by atoms with Gasteiger partial charge in [-0.25, -0.2) is 0 Å². The normalized spacial score (nSPS) is 12.0. The van der Waals surface area contributed by atoms with Crippen LogP contribution in [-0.4, -0.2) is 17.2 Å². The average molecular weight is 619 g/mol. The van der Waals surface area contributed by atoms with E-state index in [-0.39, 0.29) is 0 Å². The monoisotopic (exact) mass is 618 g/mol. The van der Waals surface area contributed by atoms with E-state index in [4.69, 9.17) is 0 Å². The summed E-state index contributed by atoms with van der Waals surface area (Å²) in [6.45, 7) is 2.38. The van der Waals surface area contributed by atoms with Crippen molar-refractivity contribution in [3.05, 3.63) is 176 Å². The quantitative estimate of drug-likeness (QED) is 0.130. The molecular weight excluding hydrogens is 585 g/mol. The SMILES string of the molecule is CC[Si](c1ccccc1)(c1ccc(-n2c3ccccc3c3ccccc32)cc1)c1ccc(-n2c3ccccc3c3ccccc32)cc1. The van der Waals surface area contributed by atoms with Gasteiger partial charge in [-0.1, -0.05) is 134 Å². The van der Waals surface area contributed by atoms with Crippen LogP contribution in [0.5, 0.6) is 0 Å². The van der Waals surface area contributed by atoms with E-state index in [1.54, 1.807) is 0 Å². The number of fused-ring (bicyclic) bond motifs is 6. The summed E-state index contributed by atoms with van der Waals surface area (Å²) in [5.41, 5.74) is 7.35. The highest BCUT2D eigenvalue weighted by molar-refractivity contribution is 7.11. The lowest BCUT2D eigenvalue weighted by Crippen LogP contribution is -2.66. The zero-order valence-corrected chi connectivity index (χ0v) is 27.3. The fourth-order valence-corrected chi connectivity index (χ4v) is 12.5. The maximum absolute atomic E-state index is 2.41. The van der Waals surface area contributed by atoms with Crippen LogP contribution in [0.25, 0.3) is 55.0 Å². The molecule has 0 saturated heterocycles. The molecule has 0 saturated carbocycles. The molecular formula is C44H34N2Si. The lowest BCUT2D eigenvalue weighted by molar-refractivity contribution is 1.18. The Kier molecular flexibility index (Phi) is 6.48. The summed E-state index contributed by atoms with van der Waals surface area (Å²) in [4.78, 5) is 0. The largest absolute Gasteiger partial charge is 0.309 e. The first-order valence-electron chi connectivity index (χ1n) is 16.5. The zero-order chi connectivity index (χ0) is 31.4. The minimum Gasteiger partial charge on any atom is -0.309 e. The molecule has 0 fully saturated rings. The van der Waals surface area contributed by atoms with Crippen LogP contribution in [0.15, 0.2) is 176 Å². The molecule has 0 bridgehead atoms. The van der Waals surface area contributed by atoms with Crippen LogP contribution in [0.4, 0.5) is 0 Å². The first kappa shape index (κ1) is 27.6. The minimum absolute atomic E-state index is 1.07. The van der Waals surface area contributed by atoms with E-state index >= 15 is 0 Å². The highest BCUT2D eigenvalue weighted by Crippen LogP contribution is 2.33. The van der Waals surface area contributed by atoms with Gasteiger partial charge < -0.3 is 9.13 Å². The summed E-state index contributed by atoms with van der Waals surface area (Å²) in [7, 11) is -2.35. The van der Waals surface area contributed by atoms with Gasteiger partial charge in [0, 0.05) is 32.9 Å². The molecule has 0 unspecified atom stereocenters. The molecule has 3 heteroatoms. The van der Waals surface area contributed by atoms with E-state index in [1.807, 2.05) is 0 Å². The molecule has 2 nitrogen and oxygen atoms in total. The smallest absolute Gasteiger partial charge is 0.148 e.